The van der Waals surface area contributed by atoms with Crippen LogP contribution in [0.2, 0.25) is 0 Å². The molecule has 0 aromatic carbocycles. The molecular weight excluding hydrogens is 232 g/mol. The van der Waals surface area contributed by atoms with Gasteiger partial charge in [0.1, 0.15) is 0 Å². The van der Waals surface area contributed by atoms with Gasteiger partial charge in [-0.3, -0.25) is 0 Å². The van der Waals surface area contributed by atoms with Gasteiger partial charge in [-0.1, -0.05) is 32.4 Å². The van der Waals surface area contributed by atoms with Gasteiger partial charge in [0.25, 0.3) is 5.79 Å². The monoisotopic (exact) mass is 252 g/mol. The zero-order valence-electron chi connectivity index (χ0n) is 10.8. The molecule has 1 rings (SSSR count). The van der Waals surface area contributed by atoms with Crippen molar-refractivity contribution < 1.29 is 19.1 Å². The van der Waals surface area contributed by atoms with Crippen molar-refractivity contribution in [2.75, 3.05) is 0 Å². The van der Waals surface area contributed by atoms with Crippen molar-refractivity contribution in [2.45, 2.75) is 44.8 Å². The quantitative estimate of drug-likeness (QED) is 0.429. The molecule has 0 unspecified atom stereocenters. The second kappa shape index (κ2) is 6.38. The van der Waals surface area contributed by atoms with E-state index in [1.807, 2.05) is 0 Å². The largest absolute Gasteiger partial charge is 0.419 e. The third-order valence-electron chi connectivity index (χ3n) is 3.29. The summed E-state index contributed by atoms with van der Waals surface area (Å²) >= 11 is 0. The van der Waals surface area contributed by atoms with Gasteiger partial charge in [0, 0.05) is 25.0 Å². The van der Waals surface area contributed by atoms with Crippen LogP contribution in [-0.4, -0.2) is 17.7 Å². The zero-order chi connectivity index (χ0) is 13.6. The Kier molecular flexibility index (Phi) is 5.13. The van der Waals surface area contributed by atoms with Crippen LogP contribution in [-0.2, 0) is 19.1 Å². The molecule has 0 aliphatic heterocycles. The number of ether oxygens (including phenoxy) is 2. The molecule has 0 atom stereocenters. The molecule has 1 aliphatic rings. The second-order valence-electron chi connectivity index (χ2n) is 4.60. The summed E-state index contributed by atoms with van der Waals surface area (Å²) in [6, 6.07) is 0. The molecule has 0 saturated heterocycles. The van der Waals surface area contributed by atoms with Crippen LogP contribution in [0.25, 0.3) is 0 Å². The molecule has 0 aromatic heterocycles. The predicted molar refractivity (Wildman–Crippen MR) is 67.6 cm³/mol. The molecule has 0 aromatic rings. The van der Waals surface area contributed by atoms with Gasteiger partial charge in [0.2, 0.25) is 0 Å². The van der Waals surface area contributed by atoms with Crippen LogP contribution in [0.1, 0.15) is 39.0 Å². The summed E-state index contributed by atoms with van der Waals surface area (Å²) < 4.78 is 10.5. The molecule has 4 heteroatoms. The molecule has 1 aliphatic carbocycles. The van der Waals surface area contributed by atoms with Crippen LogP contribution in [0.3, 0.4) is 0 Å². The van der Waals surface area contributed by atoms with Crippen LogP contribution in [0.15, 0.2) is 25.3 Å². The van der Waals surface area contributed by atoms with Gasteiger partial charge in [-0.25, -0.2) is 9.59 Å². The van der Waals surface area contributed by atoms with E-state index in [2.05, 4.69) is 13.2 Å². The lowest BCUT2D eigenvalue weighted by Gasteiger charge is -2.37. The third kappa shape index (κ3) is 3.72. The lowest BCUT2D eigenvalue weighted by atomic mass is 9.83. The van der Waals surface area contributed by atoms with Crippen molar-refractivity contribution in [3.05, 3.63) is 25.3 Å². The van der Waals surface area contributed by atoms with E-state index >= 15 is 0 Å². The van der Waals surface area contributed by atoms with Crippen molar-refractivity contribution in [3.8, 4) is 0 Å². The van der Waals surface area contributed by atoms with E-state index in [9.17, 15) is 9.59 Å². The van der Waals surface area contributed by atoms with Gasteiger partial charge in [-0.2, -0.15) is 0 Å². The third-order valence-corrected chi connectivity index (χ3v) is 3.29. The Morgan fingerprint density at radius 3 is 1.89 bits per heavy atom. The minimum absolute atomic E-state index is 0.0269. The highest BCUT2D eigenvalue weighted by Gasteiger charge is 2.41. The Balaban J connectivity index is 2.83. The van der Waals surface area contributed by atoms with Crippen LogP contribution >= 0.6 is 0 Å². The summed E-state index contributed by atoms with van der Waals surface area (Å²) in [4.78, 5) is 22.8. The molecule has 0 amide bonds. The lowest BCUT2D eigenvalue weighted by molar-refractivity contribution is -0.237. The van der Waals surface area contributed by atoms with Crippen molar-refractivity contribution in [3.63, 3.8) is 0 Å². The number of carbonyl (C=O) groups is 2. The van der Waals surface area contributed by atoms with Crippen LogP contribution in [0.4, 0.5) is 0 Å². The number of hydrogen-bond donors (Lipinski definition) is 0. The maximum Gasteiger partial charge on any atom is 0.333 e. The molecule has 4 nitrogen and oxygen atoms in total. The SMILES string of the molecule is C=CC(=O)OC(C)(OC(=O)C=C)C1CCCCC1. The first-order valence-electron chi connectivity index (χ1n) is 6.22. The number of carbonyl (C=O) groups excluding carboxylic acids is 2. The summed E-state index contributed by atoms with van der Waals surface area (Å²) in [7, 11) is 0. The first kappa shape index (κ1) is 14.5. The van der Waals surface area contributed by atoms with E-state index in [4.69, 9.17) is 9.47 Å². The molecule has 18 heavy (non-hydrogen) atoms. The Morgan fingerprint density at radius 1 is 1.06 bits per heavy atom. The van der Waals surface area contributed by atoms with Crippen molar-refractivity contribution >= 4 is 11.9 Å². The molecule has 1 saturated carbocycles. The van der Waals surface area contributed by atoms with E-state index in [-0.39, 0.29) is 5.92 Å². The minimum Gasteiger partial charge on any atom is -0.419 e. The highest BCUT2D eigenvalue weighted by Crippen LogP contribution is 2.36. The average Bonchev–Trinajstić information content (AvgIpc) is 2.39. The molecule has 0 heterocycles. The van der Waals surface area contributed by atoms with Crippen LogP contribution < -0.4 is 0 Å². The lowest BCUT2D eigenvalue weighted by Crippen LogP contribution is -2.44. The van der Waals surface area contributed by atoms with Gasteiger partial charge >= 0.3 is 11.9 Å². The van der Waals surface area contributed by atoms with Gasteiger partial charge in [-0.05, 0) is 12.8 Å². The first-order valence-corrected chi connectivity index (χ1v) is 6.22. The summed E-state index contributed by atoms with van der Waals surface area (Å²) in [5.41, 5.74) is 0. The molecule has 100 valence electrons. The van der Waals surface area contributed by atoms with E-state index in [0.29, 0.717) is 0 Å². The Bertz CT molecular complexity index is 318. The number of esters is 2. The standard InChI is InChI=1S/C14H20O4/c1-4-12(15)17-14(3,18-13(16)5-2)11-9-7-6-8-10-11/h4-5,11H,1-2,6-10H2,3H3. The molecule has 1 fully saturated rings. The summed E-state index contributed by atoms with van der Waals surface area (Å²) in [5.74, 6) is -2.37. The van der Waals surface area contributed by atoms with E-state index in [0.717, 1.165) is 44.3 Å². The average molecular weight is 252 g/mol. The van der Waals surface area contributed by atoms with Crippen LogP contribution in [0.5, 0.6) is 0 Å². The fourth-order valence-corrected chi connectivity index (χ4v) is 2.30. The Labute approximate surface area is 108 Å². The number of rotatable bonds is 5. The number of hydrogen-bond acceptors (Lipinski definition) is 4. The van der Waals surface area contributed by atoms with E-state index in [1.165, 1.54) is 0 Å². The molecule has 0 spiro atoms. The van der Waals surface area contributed by atoms with Crippen molar-refractivity contribution in [1.82, 2.24) is 0 Å². The van der Waals surface area contributed by atoms with Crippen LogP contribution in [0, 0.1) is 5.92 Å². The molecule has 0 bridgehead atoms. The summed E-state index contributed by atoms with van der Waals surface area (Å²) in [6.07, 6.45) is 7.18. The fourth-order valence-electron chi connectivity index (χ4n) is 2.30. The summed E-state index contributed by atoms with van der Waals surface area (Å²) in [6.45, 7) is 8.34. The minimum atomic E-state index is -1.23. The second-order valence-corrected chi connectivity index (χ2v) is 4.60. The van der Waals surface area contributed by atoms with E-state index < -0.39 is 17.7 Å². The first-order chi connectivity index (χ1) is 8.51. The molecular formula is C14H20O4. The van der Waals surface area contributed by atoms with Gasteiger partial charge in [0.05, 0.1) is 0 Å². The normalized spacial score (nSPS) is 16.7. The Hall–Kier alpha value is -1.58. The van der Waals surface area contributed by atoms with Gasteiger partial charge < -0.3 is 9.47 Å². The maximum absolute atomic E-state index is 11.4. The highest BCUT2D eigenvalue weighted by atomic mass is 16.7. The topological polar surface area (TPSA) is 52.6 Å². The predicted octanol–water partition coefficient (Wildman–Crippen LogP) is 2.74. The van der Waals surface area contributed by atoms with Gasteiger partial charge in [-0.15, -0.1) is 0 Å². The molecule has 0 N–H and O–H groups in total. The molecule has 0 radical (unpaired) electrons. The maximum atomic E-state index is 11.4. The fraction of sp³-hybridized carbons (Fsp3) is 0.571. The van der Waals surface area contributed by atoms with Crippen molar-refractivity contribution in [1.29, 1.82) is 0 Å². The Morgan fingerprint density at radius 2 is 1.50 bits per heavy atom. The zero-order valence-corrected chi connectivity index (χ0v) is 10.8. The van der Waals surface area contributed by atoms with Gasteiger partial charge in [0.15, 0.2) is 0 Å². The van der Waals surface area contributed by atoms with Crippen molar-refractivity contribution in [2.24, 2.45) is 5.92 Å². The smallest absolute Gasteiger partial charge is 0.333 e. The van der Waals surface area contributed by atoms with E-state index in [1.54, 1.807) is 6.92 Å². The summed E-state index contributed by atoms with van der Waals surface area (Å²) in [5, 5.41) is 0. The highest BCUT2D eigenvalue weighted by molar-refractivity contribution is 5.83.